The van der Waals surface area contributed by atoms with E-state index in [9.17, 15) is 27.9 Å². The van der Waals surface area contributed by atoms with Gasteiger partial charge in [0.1, 0.15) is 0 Å². The van der Waals surface area contributed by atoms with Gasteiger partial charge in [-0.1, -0.05) is 30.3 Å². The zero-order valence-corrected chi connectivity index (χ0v) is 14.9. The Kier molecular flexibility index (Phi) is 5.69. The van der Waals surface area contributed by atoms with Crippen LogP contribution in [0.4, 0.5) is 18.9 Å². The lowest BCUT2D eigenvalue weighted by Crippen LogP contribution is -2.47. The molecule has 0 aliphatic carbocycles. The first-order chi connectivity index (χ1) is 13.3. The number of piperidine rings is 1. The molecule has 0 atom stereocenters. The molecule has 5 nitrogen and oxygen atoms in total. The van der Waals surface area contributed by atoms with Crippen LogP contribution in [0.2, 0.25) is 0 Å². The number of rotatable bonds is 5. The van der Waals surface area contributed by atoms with Crippen molar-refractivity contribution >= 4 is 18.1 Å². The quantitative estimate of drug-likeness (QED) is 0.777. The number of amides is 1. The third-order valence-corrected chi connectivity index (χ3v) is 4.96. The molecule has 0 aromatic heterocycles. The van der Waals surface area contributed by atoms with E-state index in [1.807, 2.05) is 0 Å². The van der Waals surface area contributed by atoms with Crippen molar-refractivity contribution in [3.8, 4) is 0 Å². The lowest BCUT2D eigenvalue weighted by atomic mass is 9.86. The molecule has 1 heterocycles. The van der Waals surface area contributed by atoms with Gasteiger partial charge in [0.25, 0.3) is 0 Å². The maximum Gasteiger partial charge on any atom is 0.416 e. The normalized spacial score (nSPS) is 16.0. The molecule has 1 aliphatic heterocycles. The first-order valence-corrected chi connectivity index (χ1v) is 8.80. The standard InChI is InChI=1S/C20H19F3N2O3/c21-20(22,23)17-7-3-1-5-15(17)14-9-11-24(12-10-14)25(13-26)18-8-4-2-6-16(18)19(27)28/h1-8,13-14H,9-12H2,(H,27,28). The van der Waals surface area contributed by atoms with Gasteiger partial charge >= 0.3 is 12.1 Å². The summed E-state index contributed by atoms with van der Waals surface area (Å²) in [6.07, 6.45) is -3.03. The van der Waals surface area contributed by atoms with Crippen LogP contribution in [0, 0.1) is 0 Å². The number of carboxylic acid groups (broad SMARTS) is 1. The Hall–Kier alpha value is -2.87. The van der Waals surface area contributed by atoms with Crippen molar-refractivity contribution in [2.45, 2.75) is 24.9 Å². The minimum absolute atomic E-state index is 0.0147. The maximum atomic E-state index is 13.3. The van der Waals surface area contributed by atoms with E-state index in [1.54, 1.807) is 23.2 Å². The van der Waals surface area contributed by atoms with Crippen molar-refractivity contribution in [1.29, 1.82) is 0 Å². The zero-order valence-electron chi connectivity index (χ0n) is 14.9. The topological polar surface area (TPSA) is 60.9 Å². The van der Waals surface area contributed by atoms with Crippen LogP contribution in [0.15, 0.2) is 48.5 Å². The van der Waals surface area contributed by atoms with E-state index in [2.05, 4.69) is 0 Å². The van der Waals surface area contributed by atoms with Crippen LogP contribution in [-0.4, -0.2) is 35.6 Å². The second-order valence-electron chi connectivity index (χ2n) is 6.59. The second-order valence-corrected chi connectivity index (χ2v) is 6.59. The molecule has 0 unspecified atom stereocenters. The smallest absolute Gasteiger partial charge is 0.416 e. The summed E-state index contributed by atoms with van der Waals surface area (Å²) in [5, 5.41) is 12.2. The van der Waals surface area contributed by atoms with Crippen LogP contribution in [0.5, 0.6) is 0 Å². The molecule has 3 rings (SSSR count). The van der Waals surface area contributed by atoms with Gasteiger partial charge < -0.3 is 5.11 Å². The van der Waals surface area contributed by atoms with Gasteiger partial charge in [0.2, 0.25) is 6.41 Å². The number of carbonyl (C=O) groups excluding carboxylic acids is 1. The van der Waals surface area contributed by atoms with Crippen molar-refractivity contribution < 1.29 is 27.9 Å². The molecule has 2 aromatic rings. The fraction of sp³-hybridized carbons (Fsp3) is 0.300. The predicted molar refractivity (Wildman–Crippen MR) is 96.9 cm³/mol. The van der Waals surface area contributed by atoms with E-state index in [4.69, 9.17) is 0 Å². The van der Waals surface area contributed by atoms with Crippen LogP contribution < -0.4 is 5.01 Å². The van der Waals surface area contributed by atoms with Crippen LogP contribution in [0.25, 0.3) is 0 Å². The molecule has 8 heteroatoms. The van der Waals surface area contributed by atoms with Crippen LogP contribution in [0.3, 0.4) is 0 Å². The number of hydrazine groups is 1. The monoisotopic (exact) mass is 392 g/mol. The summed E-state index contributed by atoms with van der Waals surface area (Å²) >= 11 is 0. The minimum atomic E-state index is -4.41. The Morgan fingerprint density at radius 2 is 1.68 bits per heavy atom. The number of para-hydroxylation sites is 1. The number of carbonyl (C=O) groups is 2. The summed E-state index contributed by atoms with van der Waals surface area (Å²) in [5.74, 6) is -1.44. The average Bonchev–Trinajstić information content (AvgIpc) is 2.69. The van der Waals surface area contributed by atoms with Gasteiger partial charge in [0.15, 0.2) is 0 Å². The number of carboxylic acids is 1. The molecule has 1 N–H and O–H groups in total. The Bertz CT molecular complexity index is 862. The second kappa shape index (κ2) is 8.02. The first-order valence-electron chi connectivity index (χ1n) is 8.80. The lowest BCUT2D eigenvalue weighted by molar-refractivity contribution is -0.138. The number of halogens is 3. The van der Waals surface area contributed by atoms with Crippen LogP contribution >= 0.6 is 0 Å². The van der Waals surface area contributed by atoms with Gasteiger partial charge in [-0.15, -0.1) is 0 Å². The molecule has 0 spiro atoms. The van der Waals surface area contributed by atoms with E-state index in [0.29, 0.717) is 32.3 Å². The Morgan fingerprint density at radius 1 is 1.07 bits per heavy atom. The number of benzene rings is 2. The summed E-state index contributed by atoms with van der Waals surface area (Å²) < 4.78 is 39.9. The third-order valence-electron chi connectivity index (χ3n) is 4.96. The number of hydrogen-bond acceptors (Lipinski definition) is 3. The van der Waals surface area contributed by atoms with Gasteiger partial charge in [-0.3, -0.25) is 4.79 Å². The van der Waals surface area contributed by atoms with Crippen molar-refractivity contribution in [2.75, 3.05) is 18.1 Å². The van der Waals surface area contributed by atoms with Gasteiger partial charge in [0.05, 0.1) is 16.8 Å². The Balaban J connectivity index is 1.79. The van der Waals surface area contributed by atoms with Crippen molar-refractivity contribution in [3.63, 3.8) is 0 Å². The van der Waals surface area contributed by atoms with E-state index in [1.165, 1.54) is 29.3 Å². The van der Waals surface area contributed by atoms with Crippen LogP contribution in [0.1, 0.15) is 40.2 Å². The van der Waals surface area contributed by atoms with Gasteiger partial charge in [-0.05, 0) is 42.5 Å². The van der Waals surface area contributed by atoms with Crippen molar-refractivity contribution in [2.24, 2.45) is 0 Å². The molecular formula is C20H19F3N2O3. The lowest BCUT2D eigenvalue weighted by Gasteiger charge is -2.38. The largest absolute Gasteiger partial charge is 0.478 e. The summed E-state index contributed by atoms with van der Waals surface area (Å²) in [4.78, 5) is 23.1. The Morgan fingerprint density at radius 3 is 2.29 bits per heavy atom. The summed E-state index contributed by atoms with van der Waals surface area (Å²) in [5.41, 5.74) is -0.145. The highest BCUT2D eigenvalue weighted by Gasteiger charge is 2.36. The third kappa shape index (κ3) is 4.01. The fourth-order valence-electron chi connectivity index (χ4n) is 3.63. The Labute approximate surface area is 160 Å². The molecule has 148 valence electrons. The number of nitrogens with zero attached hydrogens (tertiary/aromatic N) is 2. The van der Waals surface area contributed by atoms with Gasteiger partial charge in [-0.2, -0.15) is 13.2 Å². The predicted octanol–water partition coefficient (Wildman–Crippen LogP) is 4.16. The fourth-order valence-corrected chi connectivity index (χ4v) is 3.63. The first kappa shape index (κ1) is 19.9. The molecule has 2 aromatic carbocycles. The molecule has 1 aliphatic rings. The van der Waals surface area contributed by atoms with E-state index in [-0.39, 0.29) is 22.7 Å². The summed E-state index contributed by atoms with van der Waals surface area (Å²) in [6.45, 7) is 0.674. The highest BCUT2D eigenvalue weighted by Crippen LogP contribution is 2.39. The molecule has 1 fully saturated rings. The highest BCUT2D eigenvalue weighted by molar-refractivity contribution is 5.96. The molecule has 0 saturated carbocycles. The van der Waals surface area contributed by atoms with E-state index in [0.717, 1.165) is 6.07 Å². The summed E-state index contributed by atoms with van der Waals surface area (Å²) in [7, 11) is 0. The van der Waals surface area contributed by atoms with E-state index >= 15 is 0 Å². The maximum absolute atomic E-state index is 13.3. The molecule has 28 heavy (non-hydrogen) atoms. The van der Waals surface area contributed by atoms with E-state index < -0.39 is 17.7 Å². The SMILES string of the molecule is O=CN(c1ccccc1C(=O)O)N1CCC(c2ccccc2C(F)(F)F)CC1. The van der Waals surface area contributed by atoms with Crippen molar-refractivity contribution in [1.82, 2.24) is 5.01 Å². The van der Waals surface area contributed by atoms with Gasteiger partial charge in [-0.25, -0.2) is 14.8 Å². The van der Waals surface area contributed by atoms with Crippen molar-refractivity contribution in [3.05, 3.63) is 65.2 Å². The molecule has 0 bridgehead atoms. The average molecular weight is 392 g/mol. The van der Waals surface area contributed by atoms with Gasteiger partial charge in [0, 0.05) is 13.1 Å². The number of hydrogen-bond donors (Lipinski definition) is 1. The minimum Gasteiger partial charge on any atom is -0.478 e. The highest BCUT2D eigenvalue weighted by atomic mass is 19.4. The zero-order chi connectivity index (χ0) is 20.3. The van der Waals surface area contributed by atoms with Crippen LogP contribution in [-0.2, 0) is 11.0 Å². The number of anilines is 1. The molecule has 1 amide bonds. The summed E-state index contributed by atoms with van der Waals surface area (Å²) in [6, 6.07) is 11.7. The molecule has 1 saturated heterocycles. The molecule has 0 radical (unpaired) electrons. The molecular weight excluding hydrogens is 373 g/mol. The number of alkyl halides is 3. The number of aromatic carboxylic acids is 1.